The van der Waals surface area contributed by atoms with Gasteiger partial charge in [-0.2, -0.15) is 14.4 Å². The SMILES string of the molecule is Cc1nn(-c2ccc(-c3noc(Cc4ccc(S(=O)(=O)N5CCCCC5)cc4)n3)cc2)c(N)c1C. The number of rotatable bonds is 6. The van der Waals surface area contributed by atoms with Crippen LogP contribution in [-0.4, -0.2) is 45.7 Å². The van der Waals surface area contributed by atoms with Crippen LogP contribution in [0.25, 0.3) is 17.1 Å². The van der Waals surface area contributed by atoms with Crippen LogP contribution in [0.15, 0.2) is 57.9 Å². The van der Waals surface area contributed by atoms with E-state index in [1.165, 1.54) is 0 Å². The molecule has 2 N–H and O–H groups in total. The zero-order valence-corrected chi connectivity index (χ0v) is 20.6. The van der Waals surface area contributed by atoms with Crippen LogP contribution in [-0.2, 0) is 16.4 Å². The fourth-order valence-electron chi connectivity index (χ4n) is 4.22. The summed E-state index contributed by atoms with van der Waals surface area (Å²) in [5.74, 6) is 1.56. The van der Waals surface area contributed by atoms with Gasteiger partial charge in [-0.15, -0.1) is 0 Å². The van der Waals surface area contributed by atoms with Gasteiger partial charge in [-0.3, -0.25) is 0 Å². The Labute approximate surface area is 204 Å². The maximum Gasteiger partial charge on any atom is 0.243 e. The third-order valence-electron chi connectivity index (χ3n) is 6.47. The molecule has 4 aromatic rings. The highest BCUT2D eigenvalue weighted by Crippen LogP contribution is 2.24. The molecule has 1 fully saturated rings. The Bertz CT molecular complexity index is 1430. The Balaban J connectivity index is 1.28. The summed E-state index contributed by atoms with van der Waals surface area (Å²) in [5.41, 5.74) is 10.6. The summed E-state index contributed by atoms with van der Waals surface area (Å²) in [6.07, 6.45) is 3.32. The highest BCUT2D eigenvalue weighted by atomic mass is 32.2. The molecule has 0 saturated carbocycles. The van der Waals surface area contributed by atoms with Crippen LogP contribution in [0, 0.1) is 13.8 Å². The molecule has 5 rings (SSSR count). The summed E-state index contributed by atoms with van der Waals surface area (Å²) in [7, 11) is -3.44. The van der Waals surface area contributed by atoms with Crippen molar-refractivity contribution in [1.29, 1.82) is 0 Å². The average molecular weight is 493 g/mol. The van der Waals surface area contributed by atoms with Crippen molar-refractivity contribution in [1.82, 2.24) is 24.2 Å². The van der Waals surface area contributed by atoms with Crippen LogP contribution in [0.4, 0.5) is 5.82 Å². The first-order chi connectivity index (χ1) is 16.8. The van der Waals surface area contributed by atoms with E-state index in [1.807, 2.05) is 38.1 Å². The molecular formula is C25H28N6O3S. The summed E-state index contributed by atoms with van der Waals surface area (Å²) in [5, 5.41) is 8.59. The number of nitrogens with two attached hydrogens (primary N) is 1. The molecule has 2 aromatic heterocycles. The van der Waals surface area contributed by atoms with E-state index in [-0.39, 0.29) is 0 Å². The second kappa shape index (κ2) is 9.27. The highest BCUT2D eigenvalue weighted by molar-refractivity contribution is 7.89. The Morgan fingerprint density at radius 2 is 1.66 bits per heavy atom. The first kappa shape index (κ1) is 23.3. The van der Waals surface area contributed by atoms with Crippen LogP contribution in [0.1, 0.15) is 42.0 Å². The molecule has 2 aromatic carbocycles. The molecular weight excluding hydrogens is 464 g/mol. The van der Waals surface area contributed by atoms with Crippen molar-refractivity contribution in [3.8, 4) is 17.1 Å². The standard InChI is InChI=1S/C25H28N6O3S/c1-17-18(2)28-31(24(17)26)21-10-8-20(9-11-21)25-27-23(34-29-25)16-19-6-12-22(13-7-19)35(32,33)30-14-4-3-5-15-30/h6-13H,3-5,14-16,26H2,1-2H3. The summed E-state index contributed by atoms with van der Waals surface area (Å²) in [6, 6.07) is 14.5. The number of nitrogen functional groups attached to an aromatic ring is 1. The van der Waals surface area contributed by atoms with Crippen LogP contribution in [0.2, 0.25) is 0 Å². The highest BCUT2D eigenvalue weighted by Gasteiger charge is 2.25. The Morgan fingerprint density at radius 3 is 2.29 bits per heavy atom. The Hall–Kier alpha value is -3.50. The van der Waals surface area contributed by atoms with E-state index >= 15 is 0 Å². The van der Waals surface area contributed by atoms with Crippen molar-refractivity contribution in [2.24, 2.45) is 0 Å². The molecule has 10 heteroatoms. The molecule has 0 unspecified atom stereocenters. The molecule has 0 amide bonds. The van der Waals surface area contributed by atoms with E-state index in [0.717, 1.165) is 47.3 Å². The van der Waals surface area contributed by atoms with E-state index in [9.17, 15) is 8.42 Å². The maximum atomic E-state index is 12.8. The fraction of sp³-hybridized carbons (Fsp3) is 0.320. The molecule has 0 radical (unpaired) electrons. The average Bonchev–Trinajstić information content (AvgIpc) is 3.45. The summed E-state index contributed by atoms with van der Waals surface area (Å²) in [4.78, 5) is 4.82. The second-order valence-electron chi connectivity index (χ2n) is 8.85. The molecule has 1 aliphatic rings. The van der Waals surface area contributed by atoms with Gasteiger partial charge in [0.2, 0.25) is 21.7 Å². The largest absolute Gasteiger partial charge is 0.383 e. The van der Waals surface area contributed by atoms with Crippen LogP contribution in [0.5, 0.6) is 0 Å². The van der Waals surface area contributed by atoms with Gasteiger partial charge in [-0.1, -0.05) is 23.7 Å². The normalized spacial score (nSPS) is 14.9. The number of hydrogen-bond donors (Lipinski definition) is 1. The lowest BCUT2D eigenvalue weighted by atomic mass is 10.1. The van der Waals surface area contributed by atoms with Gasteiger partial charge >= 0.3 is 0 Å². The lowest BCUT2D eigenvalue weighted by Crippen LogP contribution is -2.35. The predicted molar refractivity (Wildman–Crippen MR) is 133 cm³/mol. The van der Waals surface area contributed by atoms with Crippen molar-refractivity contribution in [3.05, 3.63) is 71.2 Å². The molecule has 182 valence electrons. The van der Waals surface area contributed by atoms with Crippen molar-refractivity contribution in [2.75, 3.05) is 18.8 Å². The lowest BCUT2D eigenvalue weighted by Gasteiger charge is -2.25. The van der Waals surface area contributed by atoms with Gasteiger partial charge < -0.3 is 10.3 Å². The lowest BCUT2D eigenvalue weighted by molar-refractivity contribution is 0.346. The van der Waals surface area contributed by atoms with E-state index in [4.69, 9.17) is 10.3 Å². The fourth-order valence-corrected chi connectivity index (χ4v) is 5.74. The number of aryl methyl sites for hydroxylation is 1. The van der Waals surface area contributed by atoms with Crippen molar-refractivity contribution in [2.45, 2.75) is 44.4 Å². The molecule has 35 heavy (non-hydrogen) atoms. The minimum atomic E-state index is -3.44. The first-order valence-corrected chi connectivity index (χ1v) is 13.1. The monoisotopic (exact) mass is 492 g/mol. The molecule has 0 aliphatic carbocycles. The topological polar surface area (TPSA) is 120 Å². The van der Waals surface area contributed by atoms with Gasteiger partial charge in [-0.05, 0) is 68.7 Å². The minimum Gasteiger partial charge on any atom is -0.383 e. The number of piperidine rings is 1. The van der Waals surface area contributed by atoms with E-state index in [1.54, 1.807) is 33.3 Å². The Kier molecular flexibility index (Phi) is 6.16. The van der Waals surface area contributed by atoms with Gasteiger partial charge in [0.25, 0.3) is 0 Å². The van der Waals surface area contributed by atoms with E-state index in [0.29, 0.717) is 41.9 Å². The van der Waals surface area contributed by atoms with E-state index in [2.05, 4.69) is 15.2 Å². The van der Waals surface area contributed by atoms with Crippen LogP contribution >= 0.6 is 0 Å². The third-order valence-corrected chi connectivity index (χ3v) is 8.39. The first-order valence-electron chi connectivity index (χ1n) is 11.7. The summed E-state index contributed by atoms with van der Waals surface area (Å²) >= 11 is 0. The van der Waals surface area contributed by atoms with Crippen LogP contribution < -0.4 is 5.73 Å². The number of hydrogen-bond acceptors (Lipinski definition) is 7. The predicted octanol–water partition coefficient (Wildman–Crippen LogP) is 3.89. The molecule has 9 nitrogen and oxygen atoms in total. The zero-order chi connectivity index (χ0) is 24.6. The molecule has 0 bridgehead atoms. The number of benzene rings is 2. The van der Waals surface area contributed by atoms with Crippen molar-refractivity contribution >= 4 is 15.8 Å². The van der Waals surface area contributed by atoms with Gasteiger partial charge in [-0.25, -0.2) is 13.1 Å². The van der Waals surface area contributed by atoms with Crippen molar-refractivity contribution < 1.29 is 12.9 Å². The quantitative estimate of drug-likeness (QED) is 0.433. The summed E-state index contributed by atoms with van der Waals surface area (Å²) < 4.78 is 34.4. The zero-order valence-electron chi connectivity index (χ0n) is 19.8. The number of anilines is 1. The molecule has 3 heterocycles. The van der Waals surface area contributed by atoms with Crippen LogP contribution in [0.3, 0.4) is 0 Å². The number of nitrogens with zero attached hydrogens (tertiary/aromatic N) is 5. The van der Waals surface area contributed by atoms with Gasteiger partial charge in [0.1, 0.15) is 5.82 Å². The Morgan fingerprint density at radius 1 is 0.971 bits per heavy atom. The molecule has 1 saturated heterocycles. The smallest absolute Gasteiger partial charge is 0.243 e. The second-order valence-corrected chi connectivity index (χ2v) is 10.8. The maximum absolute atomic E-state index is 12.8. The molecule has 1 aliphatic heterocycles. The van der Waals surface area contributed by atoms with Crippen molar-refractivity contribution in [3.63, 3.8) is 0 Å². The molecule has 0 spiro atoms. The van der Waals surface area contributed by atoms with E-state index < -0.39 is 10.0 Å². The van der Waals surface area contributed by atoms with Gasteiger partial charge in [0, 0.05) is 24.2 Å². The molecule has 0 atom stereocenters. The number of aromatic nitrogens is 4. The number of sulfonamides is 1. The van der Waals surface area contributed by atoms with Gasteiger partial charge in [0.05, 0.1) is 22.7 Å². The minimum absolute atomic E-state index is 0.317. The summed E-state index contributed by atoms with van der Waals surface area (Å²) in [6.45, 7) is 5.05. The third kappa shape index (κ3) is 4.59. The van der Waals surface area contributed by atoms with Gasteiger partial charge in [0.15, 0.2) is 0 Å².